The maximum atomic E-state index is 11.4. The third kappa shape index (κ3) is 8.71. The van der Waals surface area contributed by atoms with E-state index in [0.29, 0.717) is 0 Å². The van der Waals surface area contributed by atoms with E-state index >= 15 is 0 Å². The number of benzene rings is 3. The average Bonchev–Trinajstić information content (AvgIpc) is 2.74. The summed E-state index contributed by atoms with van der Waals surface area (Å²) in [4.78, 5) is 0. The zero-order chi connectivity index (χ0) is 25.6. The number of nitrogens with zero attached hydrogens (tertiary/aromatic N) is 1. The van der Waals surface area contributed by atoms with E-state index in [9.17, 15) is 43.2 Å². The minimum atomic E-state index is -6.72. The van der Waals surface area contributed by atoms with Crippen LogP contribution in [0.3, 0.4) is 0 Å². The van der Waals surface area contributed by atoms with E-state index in [-0.39, 0.29) is 23.8 Å². The number of rotatable bonds is 5. The molecule has 197 valence electrons. The van der Waals surface area contributed by atoms with Gasteiger partial charge >= 0.3 is 11.0 Å². The van der Waals surface area contributed by atoms with E-state index in [2.05, 4.69) is 91.0 Å². The van der Waals surface area contributed by atoms with E-state index < -0.39 is 39.0 Å². The quantitative estimate of drug-likeness (QED) is 0.220. The summed E-state index contributed by atoms with van der Waals surface area (Å²) in [5.41, 5.74) is -12.4. The summed E-state index contributed by atoms with van der Waals surface area (Å²) in [6.45, 7) is 0. The first kappa shape index (κ1) is 31.3. The van der Waals surface area contributed by atoms with E-state index in [4.69, 9.17) is 0 Å². The van der Waals surface area contributed by atoms with Crippen molar-refractivity contribution in [2.45, 2.75) is 11.0 Å². The number of hydrogen-bond acceptors (Lipinski definition) is 4. The summed E-state index contributed by atoms with van der Waals surface area (Å²) in [6.07, 6.45) is 0. The molecule has 5 nitrogen and oxygen atoms in total. The molecule has 0 aliphatic carbocycles. The van der Waals surface area contributed by atoms with E-state index in [0.717, 1.165) is 4.13 Å². The van der Waals surface area contributed by atoms with Gasteiger partial charge in [0.15, 0.2) is 20.0 Å². The number of hydrogen-bond donors (Lipinski definition) is 0. The van der Waals surface area contributed by atoms with Crippen LogP contribution in [0.1, 0.15) is 1.43 Å². The smallest absolute Gasteiger partial charge is 0.421 e. The maximum absolute atomic E-state index is 11.4. The largest absolute Gasteiger partial charge is 0.480 e. The van der Waals surface area contributed by atoms with Crippen LogP contribution in [-0.4, -0.2) is 27.9 Å². The molecule has 3 aromatic carbocycles. The van der Waals surface area contributed by atoms with Gasteiger partial charge in [0.1, 0.15) is 15.9 Å². The minimum absolute atomic E-state index is 0. The molecule has 0 atom stereocenters. The molecule has 0 aliphatic heterocycles. The van der Waals surface area contributed by atoms with Crippen molar-refractivity contribution < 1.29 is 67.0 Å². The Morgan fingerprint density at radius 3 is 0.971 bits per heavy atom. The Bertz CT molecular complexity index is 1150. The van der Waals surface area contributed by atoms with Crippen LogP contribution in [0.15, 0.2) is 91.0 Å². The van der Waals surface area contributed by atoms with Crippen molar-refractivity contribution >= 4 is 43.9 Å². The number of halogens is 6. The Kier molecular flexibility index (Phi) is 11.2. The molecule has 0 heterocycles. The van der Waals surface area contributed by atoms with Crippen molar-refractivity contribution in [1.29, 1.82) is 0 Å². The second kappa shape index (κ2) is 12.5. The zero-order valence-corrected chi connectivity index (χ0v) is 21.9. The van der Waals surface area contributed by atoms with Crippen molar-refractivity contribution in [3.05, 3.63) is 95.1 Å². The van der Waals surface area contributed by atoms with Crippen molar-refractivity contribution in [2.75, 3.05) is 0 Å². The Balaban J connectivity index is 0.000000666. The summed E-state index contributed by atoms with van der Waals surface area (Å²) < 4.78 is 109. The molecule has 3 rings (SSSR count). The topological polar surface area (TPSA) is 82.4 Å². The molecule has 35 heavy (non-hydrogen) atoms. The molecule has 0 amide bonds. The van der Waals surface area contributed by atoms with Crippen LogP contribution in [0.4, 0.5) is 26.3 Å². The van der Waals surface area contributed by atoms with Crippen molar-refractivity contribution in [3.8, 4) is 0 Å². The molecule has 0 spiro atoms. The fourth-order valence-electron chi connectivity index (χ4n) is 2.53. The van der Waals surface area contributed by atoms with Crippen molar-refractivity contribution in [1.82, 2.24) is 0 Å². The fourth-order valence-corrected chi connectivity index (χ4v) is 6.82. The van der Waals surface area contributed by atoms with Crippen LogP contribution in [0.2, 0.25) is 0 Å². The predicted octanol–water partition coefficient (Wildman–Crippen LogP) is 4.48. The van der Waals surface area contributed by atoms with Crippen LogP contribution >= 0.6 is 7.92 Å². The van der Waals surface area contributed by atoms with Gasteiger partial charge in [0.05, 0.1) is 7.92 Å². The van der Waals surface area contributed by atoms with Crippen LogP contribution in [-0.2, 0) is 42.4 Å². The molecule has 1 radical (unpaired) electrons. The standard InChI is InChI=1S/C18H15P.C2F6NO4S2.Au.H2/c1-4-10-16(11-5-1)19(17-12-6-2-7-13-17)18-14-8-3-9-15-18;3-1(4,5)14(10,11)9-15(12,13)2(6,7)8;;/h1-15H;;;1H/q;-1;;/p+1. The molecule has 0 bridgehead atoms. The first-order valence-electron chi connectivity index (χ1n) is 9.06. The van der Waals surface area contributed by atoms with Crippen LogP contribution in [0.25, 0.3) is 4.13 Å². The second-order valence-electron chi connectivity index (χ2n) is 6.39. The van der Waals surface area contributed by atoms with Gasteiger partial charge in [-0.1, -0.05) is 54.6 Å². The molecule has 0 fully saturated rings. The molecule has 0 saturated heterocycles. The number of alkyl halides is 6. The number of sulfonamides is 2. The van der Waals surface area contributed by atoms with Gasteiger partial charge in [-0.05, 0) is 36.4 Å². The average molecular weight is 742 g/mol. The minimum Gasteiger partial charge on any atom is -0.421 e. The van der Waals surface area contributed by atoms with Crippen molar-refractivity contribution in [3.63, 3.8) is 0 Å². The maximum Gasteiger partial charge on any atom is 0.480 e. The van der Waals surface area contributed by atoms with Gasteiger partial charge in [-0.2, -0.15) is 26.3 Å². The molecule has 0 aromatic heterocycles. The predicted molar refractivity (Wildman–Crippen MR) is 122 cm³/mol. The summed E-state index contributed by atoms with van der Waals surface area (Å²) >= 11 is 0. The van der Waals surface area contributed by atoms with E-state index in [1.54, 1.807) is 0 Å². The zero-order valence-electron chi connectivity index (χ0n) is 17.1. The molecule has 0 N–H and O–H groups in total. The van der Waals surface area contributed by atoms with Gasteiger partial charge < -0.3 is 4.13 Å². The Morgan fingerprint density at radius 2 is 0.771 bits per heavy atom. The van der Waals surface area contributed by atoms with Gasteiger partial charge in [0, 0.05) is 23.8 Å². The Hall–Kier alpha value is -1.73. The van der Waals surface area contributed by atoms with Crippen LogP contribution in [0, 0.1) is 0 Å². The first-order valence-corrected chi connectivity index (χ1v) is 13.4. The van der Waals surface area contributed by atoms with E-state index in [1.807, 2.05) is 0 Å². The third-order valence-corrected chi connectivity index (χ3v) is 9.44. The molecule has 15 heteroatoms. The summed E-state index contributed by atoms with van der Waals surface area (Å²) in [5, 5.41) is 4.31. The van der Waals surface area contributed by atoms with Crippen LogP contribution in [0.5, 0.6) is 0 Å². The normalized spacial score (nSPS) is 12.3. The second-order valence-corrected chi connectivity index (χ2v) is 12.3. The van der Waals surface area contributed by atoms with Gasteiger partial charge in [0.2, 0.25) is 0 Å². The van der Waals surface area contributed by atoms with Gasteiger partial charge in [-0.3, -0.25) is 0 Å². The first-order chi connectivity index (χ1) is 15.7. The van der Waals surface area contributed by atoms with Gasteiger partial charge in [0.25, 0.3) is 0 Å². The van der Waals surface area contributed by atoms with E-state index in [1.165, 1.54) is 15.9 Å². The van der Waals surface area contributed by atoms with Crippen LogP contribution < -0.4 is 15.9 Å². The molecule has 0 unspecified atom stereocenters. The molecule has 0 saturated carbocycles. The SMILES string of the molecule is O=S(=O)([N-]S(=O)(=O)C(F)(F)F)C(F)(F)F.[Au].[HH].c1ccc([PH+](c2ccccc2)c2ccccc2)cc1. The Morgan fingerprint density at radius 1 is 0.543 bits per heavy atom. The molecular formula is C20H18AuF6NO4PS2. The monoisotopic (exact) mass is 742 g/mol. The van der Waals surface area contributed by atoms with Gasteiger partial charge in [-0.15, -0.1) is 0 Å². The Labute approximate surface area is 216 Å². The molecule has 0 aliphatic rings. The van der Waals surface area contributed by atoms with Gasteiger partial charge in [-0.25, -0.2) is 16.8 Å². The molecular weight excluding hydrogens is 724 g/mol. The third-order valence-electron chi connectivity index (χ3n) is 3.97. The summed E-state index contributed by atoms with van der Waals surface area (Å²) in [5.74, 6) is 0. The van der Waals surface area contributed by atoms with Crippen molar-refractivity contribution in [2.24, 2.45) is 0 Å². The summed E-state index contributed by atoms with van der Waals surface area (Å²) in [6, 6.07) is 32.5. The fraction of sp³-hybridized carbons (Fsp3) is 0.100. The summed E-state index contributed by atoms with van der Waals surface area (Å²) in [7, 11) is -14.3. The molecule has 3 aromatic rings.